The molecule has 37 heavy (non-hydrogen) atoms. The quantitative estimate of drug-likeness (QED) is 0.263. The molecule has 0 aromatic heterocycles. The molecule has 207 valence electrons. The van der Waals surface area contributed by atoms with Crippen molar-refractivity contribution in [2.75, 3.05) is 13.1 Å². The third kappa shape index (κ3) is 9.93. The zero-order chi connectivity index (χ0) is 27.7. The molecule has 7 heteroatoms. The predicted octanol–water partition coefficient (Wildman–Crippen LogP) is 11.7. The van der Waals surface area contributed by atoms with Gasteiger partial charge in [-0.05, 0) is 49.6 Å². The summed E-state index contributed by atoms with van der Waals surface area (Å²) in [5, 5.41) is 11.0. The normalized spacial score (nSPS) is 14.4. The average molecular weight is 602 g/mol. The Hall–Kier alpha value is -0.416. The Bertz CT molecular complexity index is 836. The molecule has 3 nitrogen and oxygen atoms in total. The number of halogens is 3. The summed E-state index contributed by atoms with van der Waals surface area (Å²) < 4.78 is 0. The van der Waals surface area contributed by atoms with Gasteiger partial charge in [-0.3, -0.25) is 0 Å². The van der Waals surface area contributed by atoms with Gasteiger partial charge >= 0.3 is 42.6 Å². The number of rotatable bonds is 9. The van der Waals surface area contributed by atoms with E-state index in [2.05, 4.69) is 96.7 Å². The third-order valence-corrected chi connectivity index (χ3v) is 6.89. The van der Waals surface area contributed by atoms with Crippen molar-refractivity contribution < 1.29 is 14.7 Å². The topological polar surface area (TPSA) is 31.4 Å². The first-order valence-electron chi connectivity index (χ1n) is 13.7. The van der Waals surface area contributed by atoms with Gasteiger partial charge in [0.15, 0.2) is 0 Å². The van der Waals surface area contributed by atoms with Gasteiger partial charge in [-0.1, -0.05) is 120 Å². The number of nitrogens with zero attached hydrogens (tertiary/aromatic N) is 3. The molecule has 1 aliphatic heterocycles. The molecule has 1 fully saturated rings. The fraction of sp³-hybridized carbons (Fsp3) is 0.600. The molecule has 1 heterocycles. The standard InChI is InChI=1S/C30H45N3.3ClH.Ti/c1-20(2)24-14-12-15-25(21(3)4)28(24)31-30(33-18-10-9-11-19-33)32-29-26(22(5)6)16-13-17-27(29)23(7)8;;;;/h12-17,20-23,30H,9-11,18-19H2,1-8H3;3*1H;/q-2;;;;+3/p-3. The zero-order valence-corrected chi connectivity index (χ0v) is 27.7. The molecule has 0 N–H and O–H groups in total. The molecule has 0 aliphatic carbocycles. The first-order valence-corrected chi connectivity index (χ1v) is 20.1. The van der Waals surface area contributed by atoms with Gasteiger partial charge in [0.1, 0.15) is 0 Å². The van der Waals surface area contributed by atoms with Crippen molar-refractivity contribution in [2.24, 2.45) is 0 Å². The van der Waals surface area contributed by atoms with Crippen LogP contribution in [0.25, 0.3) is 10.6 Å². The van der Waals surface area contributed by atoms with Crippen molar-refractivity contribution in [3.63, 3.8) is 0 Å². The van der Waals surface area contributed by atoms with Crippen molar-refractivity contribution >= 4 is 39.3 Å². The molecule has 1 saturated heterocycles. The second-order valence-electron chi connectivity index (χ2n) is 11.1. The van der Waals surface area contributed by atoms with E-state index < -0.39 is 14.7 Å². The summed E-state index contributed by atoms with van der Waals surface area (Å²) in [5.41, 5.74) is 7.66. The first-order chi connectivity index (χ1) is 17.4. The summed E-state index contributed by atoms with van der Waals surface area (Å²) in [4.78, 5) is 2.51. The molecule has 0 saturated carbocycles. The van der Waals surface area contributed by atoms with Crippen molar-refractivity contribution in [1.29, 1.82) is 0 Å². The Kier molecular flexibility index (Phi) is 14.2. The fourth-order valence-corrected chi connectivity index (χ4v) is 4.89. The van der Waals surface area contributed by atoms with Crippen LogP contribution < -0.4 is 0 Å². The number of para-hydroxylation sites is 2. The van der Waals surface area contributed by atoms with Crippen LogP contribution in [-0.4, -0.2) is 24.3 Å². The van der Waals surface area contributed by atoms with Crippen LogP contribution in [0, 0.1) is 0 Å². The maximum absolute atomic E-state index is 5.48. The van der Waals surface area contributed by atoms with Crippen molar-refractivity contribution in [1.82, 2.24) is 4.90 Å². The average Bonchev–Trinajstić information content (AvgIpc) is 2.83. The Morgan fingerprint density at radius 2 is 0.892 bits per heavy atom. The van der Waals surface area contributed by atoms with Gasteiger partial charge in [-0.25, -0.2) is 0 Å². The van der Waals surface area contributed by atoms with E-state index in [4.69, 9.17) is 38.5 Å². The van der Waals surface area contributed by atoms with E-state index in [0.717, 1.165) is 24.5 Å². The van der Waals surface area contributed by atoms with Gasteiger partial charge in [0.05, 0.1) is 0 Å². The second-order valence-corrected chi connectivity index (χ2v) is 18.8. The monoisotopic (exact) mass is 600 g/mol. The molecule has 3 rings (SSSR count). The molecule has 1 aliphatic rings. The van der Waals surface area contributed by atoms with Gasteiger partial charge in [0.25, 0.3) is 0 Å². The SMILES string of the molecule is CC(C)c1cccc(C(C)C)c1[N-]C([N-]c1c(C(C)C)cccc1C(C)C)N1CCCCC1.[Cl][Ti]([Cl])[Cl]. The summed E-state index contributed by atoms with van der Waals surface area (Å²) in [7, 11) is 14.9. The van der Waals surface area contributed by atoms with E-state index >= 15 is 0 Å². The molecule has 0 atom stereocenters. The Balaban J connectivity index is 0.00000112. The van der Waals surface area contributed by atoms with Crippen molar-refractivity contribution in [2.45, 2.75) is 105 Å². The number of benzene rings is 2. The molecule has 0 radical (unpaired) electrons. The fourth-order valence-electron chi connectivity index (χ4n) is 4.89. The third-order valence-electron chi connectivity index (χ3n) is 6.89. The summed E-state index contributed by atoms with van der Waals surface area (Å²) in [6.07, 6.45) is 3.59. The van der Waals surface area contributed by atoms with E-state index in [1.807, 2.05) is 0 Å². The van der Waals surface area contributed by atoms with Crippen LogP contribution in [0.2, 0.25) is 0 Å². The van der Waals surface area contributed by atoms with E-state index in [1.54, 1.807) is 0 Å². The molecule has 0 amide bonds. The summed E-state index contributed by atoms with van der Waals surface area (Å²) in [5.74, 6) is 1.72. The van der Waals surface area contributed by atoms with Crippen LogP contribution in [0.15, 0.2) is 36.4 Å². The molecule has 2 aromatic carbocycles. The van der Waals surface area contributed by atoms with Crippen LogP contribution in [0.3, 0.4) is 0 Å². The Labute approximate surface area is 244 Å². The van der Waals surface area contributed by atoms with E-state index in [0.29, 0.717) is 23.7 Å². The van der Waals surface area contributed by atoms with Gasteiger partial charge in [-0.15, -0.1) is 17.7 Å². The van der Waals surface area contributed by atoms with Crippen LogP contribution >= 0.6 is 27.9 Å². The van der Waals surface area contributed by atoms with E-state index in [-0.39, 0.29) is 6.29 Å². The van der Waals surface area contributed by atoms with Crippen molar-refractivity contribution in [3.8, 4) is 0 Å². The number of hydrogen-bond acceptors (Lipinski definition) is 1. The molecular formula is C30H45Cl3N3Ti-2. The number of likely N-dealkylation sites (tertiary alicyclic amines) is 1. The predicted molar refractivity (Wildman–Crippen MR) is 162 cm³/mol. The van der Waals surface area contributed by atoms with Gasteiger partial charge < -0.3 is 15.5 Å². The summed E-state index contributed by atoms with van der Waals surface area (Å²) in [6.45, 7) is 20.3. The number of piperidine rings is 1. The van der Waals surface area contributed by atoms with Gasteiger partial charge in [0.2, 0.25) is 0 Å². The molecule has 0 unspecified atom stereocenters. The van der Waals surface area contributed by atoms with E-state index in [1.165, 1.54) is 41.5 Å². The minimum atomic E-state index is -1.92. The first kappa shape index (κ1) is 32.8. The maximum atomic E-state index is 5.48. The second kappa shape index (κ2) is 16.0. The summed E-state index contributed by atoms with van der Waals surface area (Å²) in [6, 6.07) is 13.4. The molecular weight excluding hydrogens is 557 g/mol. The Morgan fingerprint density at radius 1 is 0.595 bits per heavy atom. The Morgan fingerprint density at radius 3 is 1.16 bits per heavy atom. The van der Waals surface area contributed by atoms with Crippen LogP contribution in [0.1, 0.15) is 121 Å². The van der Waals surface area contributed by atoms with Crippen LogP contribution in [0.4, 0.5) is 11.4 Å². The molecule has 0 bridgehead atoms. The van der Waals surface area contributed by atoms with Gasteiger partial charge in [-0.2, -0.15) is 0 Å². The van der Waals surface area contributed by atoms with Crippen LogP contribution in [0.5, 0.6) is 0 Å². The minimum absolute atomic E-state index is 0.180. The van der Waals surface area contributed by atoms with E-state index in [9.17, 15) is 0 Å². The number of hydrogen-bond donors (Lipinski definition) is 0. The van der Waals surface area contributed by atoms with Gasteiger partial charge in [0, 0.05) is 0 Å². The molecule has 0 spiro atoms. The van der Waals surface area contributed by atoms with Crippen LogP contribution in [-0.2, 0) is 14.7 Å². The van der Waals surface area contributed by atoms with Crippen molar-refractivity contribution in [3.05, 3.63) is 69.3 Å². The summed E-state index contributed by atoms with van der Waals surface area (Å²) >= 11 is -1.92. The zero-order valence-electron chi connectivity index (χ0n) is 23.9. The molecule has 2 aromatic rings.